The summed E-state index contributed by atoms with van der Waals surface area (Å²) >= 11 is 0. The minimum atomic E-state index is -0.752. The van der Waals surface area contributed by atoms with Crippen LogP contribution in [0.15, 0.2) is 223 Å². The fraction of sp³-hybridized carbons (Fsp3) is 0.343. The number of hydrogen-bond acceptors (Lipinski definition) is 29. The van der Waals surface area contributed by atoms with Crippen LogP contribution in [0.3, 0.4) is 0 Å². The van der Waals surface area contributed by atoms with Crippen LogP contribution < -0.4 is 78.7 Å². The zero-order valence-corrected chi connectivity index (χ0v) is 80.3. The molecule has 5 aliphatic heterocycles. The summed E-state index contributed by atoms with van der Waals surface area (Å²) in [6.07, 6.45) is 2.17. The summed E-state index contributed by atoms with van der Waals surface area (Å²) in [5.74, 6) is 6.26. The number of amides is 4. The number of aromatic hydroxyl groups is 1. The summed E-state index contributed by atoms with van der Waals surface area (Å²) in [7, 11) is 1.32. The number of hydrogen-bond donors (Lipinski definition) is 10. The van der Waals surface area contributed by atoms with Gasteiger partial charge in [0.2, 0.25) is 38.9 Å². The number of phenols is 1. The van der Waals surface area contributed by atoms with E-state index in [0.29, 0.717) is 103 Å². The summed E-state index contributed by atoms with van der Waals surface area (Å²) in [5, 5.41) is 63.3. The van der Waals surface area contributed by atoms with E-state index in [1.807, 2.05) is 203 Å². The molecule has 6 atom stereocenters. The van der Waals surface area contributed by atoms with Crippen LogP contribution in [-0.2, 0) is 108 Å². The Morgan fingerprint density at radius 3 is 1.19 bits per heavy atom. The fourth-order valence-electron chi connectivity index (χ4n) is 16.3. The number of Topliss-reactive ketones (excluding diaryl/α,β-unsaturated/α-hetero) is 1. The summed E-state index contributed by atoms with van der Waals surface area (Å²) < 4.78 is 88.9. The van der Waals surface area contributed by atoms with Crippen molar-refractivity contribution in [1.29, 1.82) is 0 Å². The number of benzene rings is 10. The van der Waals surface area contributed by atoms with Gasteiger partial charge in [-0.25, -0.2) is 14.4 Å². The molecule has 10 aromatic rings. The molecule has 33 heteroatoms. The molecule has 0 bridgehead atoms. The van der Waals surface area contributed by atoms with Crippen LogP contribution in [0.2, 0.25) is 0 Å². The van der Waals surface area contributed by atoms with Crippen LogP contribution in [0, 0.1) is 27.7 Å². The van der Waals surface area contributed by atoms with Gasteiger partial charge < -0.3 is 128 Å². The Morgan fingerprint density at radius 2 is 0.794 bits per heavy atom. The van der Waals surface area contributed by atoms with Gasteiger partial charge in [0.1, 0.15) is 69.2 Å². The molecule has 0 saturated heterocycles. The van der Waals surface area contributed by atoms with Gasteiger partial charge in [0, 0.05) is 86.6 Å². The lowest BCUT2D eigenvalue weighted by atomic mass is 9.86. The number of carbonyl (C=O) groups excluding carboxylic acids is 7. The molecule has 1 unspecified atom stereocenters. The second-order valence-corrected chi connectivity index (χ2v) is 33.7. The molecule has 5 heterocycles. The lowest BCUT2D eigenvalue weighted by molar-refractivity contribution is -0.142. The number of aliphatic hydroxyl groups excluding tert-OH is 4. The van der Waals surface area contributed by atoms with E-state index >= 15 is 0 Å². The minimum Gasteiger partial charge on any atom is -0.507 e. The quantitative estimate of drug-likeness (QED) is 0.00990. The number of phenolic OH excluding ortho intramolecular Hbond substituents is 1. The van der Waals surface area contributed by atoms with E-state index in [-0.39, 0.29) is 139 Å². The standard InChI is InChI=1S/C26H27NO6.C23H27NO6.C21H25NO4.2C19H21NO6/c1-18-24(30-15-19-8-4-2-5-9-19)21(13-23-25(18)33-17-32-23)12-22(14-28)27-26(29)31-16-20-10-6-3-7-11-20;1-4-21(26)24-19(13-27-16(3)25)10-18-11-20-23(30-14-29-20)15(2)22(18)28-12-17-8-6-5-7-9-17;1-3-17-18-16(9-15(10-23)22-17)19(13(2)20-21(18)26-12-25-20)24-11-14-7-5-4-6-8-14;1-12-17(22)14(8-16-18(12)26-11-25-16)7-15(9-21)20-19(23)24-10-13-5-3-2-4-6-13;1-12-17(23)14(9-16(22)18(12)25-2)8-15(10-21)20-19(24)26-11-13-6-4-3-5-7-13/h2-11,13,22,28H,12,14-17H2,1H3,(H,27,29);5-9,11,19H,4,10,12-14H2,1-3H3,(H,24,26);4-8,15,17,22-23H,3,9-12H2,1-2H3;2-6,8,15,21-22H,7,9-11H2,1H3,(H,20,23);3-7,9,15,21H,8,10-11H2,1-2H3,(H,20,24)/t22-;19-;15-,17?;2*15-/m00000/s1. The van der Waals surface area contributed by atoms with Gasteiger partial charge in [-0.05, 0) is 131 Å². The van der Waals surface area contributed by atoms with Crippen molar-refractivity contribution in [2.24, 2.45) is 0 Å². The molecule has 10 N–H and O–H groups in total. The largest absolute Gasteiger partial charge is 0.507 e. The van der Waals surface area contributed by atoms with E-state index in [4.69, 9.17) is 75.8 Å². The van der Waals surface area contributed by atoms with Crippen LogP contribution in [0.25, 0.3) is 0 Å². The lowest BCUT2D eigenvalue weighted by Gasteiger charge is -2.34. The van der Waals surface area contributed by atoms with Crippen molar-refractivity contribution in [1.82, 2.24) is 26.6 Å². The molecule has 746 valence electrons. The molecule has 1 aliphatic carbocycles. The summed E-state index contributed by atoms with van der Waals surface area (Å²) in [5.41, 5.74) is 13.8. The first-order valence-electron chi connectivity index (χ1n) is 46.4. The number of fused-ring (bicyclic) bond motifs is 6. The SMILES string of the molecule is CCC(=O)N[C@H](COC(C)=O)Cc1cc2c(c(C)c1OCc1ccccc1)OCO2.CCC1N[C@H](CO)Cc2c(OCc3ccccc3)c(C)c3c(c21)OCO3.COC1=C(C)C(=O)C(C[C@@H](CO)NC(=O)OCc2ccccc2)=CC1=O.Cc1c(O)c(C[C@@H](CO)NC(=O)OCc2ccccc2)cc2c1OCO2.Cc1c(OCc2ccccc2)c(C[C@@H](CO)NC(=O)OCc2ccccc2)cc2c1OCO2. The van der Waals surface area contributed by atoms with Gasteiger partial charge in [-0.3, -0.25) is 19.2 Å². The van der Waals surface area contributed by atoms with Crippen molar-refractivity contribution < 1.29 is 135 Å². The maximum absolute atomic E-state index is 12.3. The summed E-state index contributed by atoms with van der Waals surface area (Å²) in [6.45, 7) is 15.8. The molecular weight excluding hydrogens is 1820 g/mol. The number of ketones is 2. The fourth-order valence-corrected chi connectivity index (χ4v) is 16.3. The Kier molecular flexibility index (Phi) is 39.2. The molecule has 0 saturated carbocycles. The monoisotopic (exact) mass is 1940 g/mol. The zero-order chi connectivity index (χ0) is 100. The second-order valence-electron chi connectivity index (χ2n) is 33.7. The van der Waals surface area contributed by atoms with Crippen LogP contribution in [0.5, 0.6) is 69.0 Å². The number of ether oxygens (including phenoxy) is 16. The molecule has 141 heavy (non-hydrogen) atoms. The molecule has 0 fully saturated rings. The molecule has 10 aromatic carbocycles. The van der Waals surface area contributed by atoms with Gasteiger partial charge in [-0.15, -0.1) is 0 Å². The van der Waals surface area contributed by atoms with E-state index < -0.39 is 54.8 Å². The third-order valence-electron chi connectivity index (χ3n) is 23.5. The average Bonchev–Trinajstić information content (AvgIpc) is 1.70. The highest BCUT2D eigenvalue weighted by atomic mass is 16.7. The Bertz CT molecular complexity index is 5950. The second kappa shape index (κ2) is 52.7. The van der Waals surface area contributed by atoms with Gasteiger partial charge in [0.25, 0.3) is 0 Å². The number of aliphatic hydroxyl groups is 4. The molecule has 4 amide bonds. The molecule has 33 nitrogen and oxygen atoms in total. The third-order valence-corrected chi connectivity index (χ3v) is 23.5. The van der Waals surface area contributed by atoms with Crippen LogP contribution in [0.4, 0.5) is 14.4 Å². The highest BCUT2D eigenvalue weighted by Crippen LogP contribution is 2.52. The first-order valence-corrected chi connectivity index (χ1v) is 46.4. The van der Waals surface area contributed by atoms with E-state index in [2.05, 4.69) is 45.6 Å². The minimum absolute atomic E-state index is 0.00882. The van der Waals surface area contributed by atoms with Crippen LogP contribution >= 0.6 is 0 Å². The smallest absolute Gasteiger partial charge is 0.407 e. The van der Waals surface area contributed by atoms with Crippen LogP contribution in [0.1, 0.15) is 136 Å². The van der Waals surface area contributed by atoms with E-state index in [0.717, 1.165) is 96.0 Å². The molecule has 0 spiro atoms. The average molecular weight is 1940 g/mol. The maximum atomic E-state index is 12.3. The van der Waals surface area contributed by atoms with E-state index in [9.17, 15) is 59.1 Å². The molecule has 0 aromatic heterocycles. The highest BCUT2D eigenvalue weighted by molar-refractivity contribution is 6.21. The Morgan fingerprint density at radius 1 is 0.433 bits per heavy atom. The normalized spacial score (nSPS) is 14.9. The Labute approximate surface area is 818 Å². The van der Waals surface area contributed by atoms with Crippen molar-refractivity contribution in [2.75, 3.05) is 67.3 Å². The third kappa shape index (κ3) is 29.3. The zero-order valence-electron chi connectivity index (χ0n) is 80.3. The number of esters is 1. The summed E-state index contributed by atoms with van der Waals surface area (Å²) in [4.78, 5) is 83.7. The van der Waals surface area contributed by atoms with E-state index in [1.54, 1.807) is 19.9 Å². The lowest BCUT2D eigenvalue weighted by Crippen LogP contribution is -2.42. The number of alkyl carbamates (subject to hydrolysis) is 3. The topological polar surface area (TPSA) is 428 Å². The van der Waals surface area contributed by atoms with Gasteiger partial charge >= 0.3 is 24.2 Å². The molecule has 6 aliphatic rings. The Hall–Kier alpha value is -15.0. The van der Waals surface area contributed by atoms with E-state index in [1.165, 1.54) is 27.0 Å². The van der Waals surface area contributed by atoms with Crippen molar-refractivity contribution >= 4 is 41.7 Å². The van der Waals surface area contributed by atoms with Crippen molar-refractivity contribution in [2.45, 2.75) is 176 Å². The van der Waals surface area contributed by atoms with Crippen molar-refractivity contribution in [3.8, 4) is 69.0 Å². The first-order chi connectivity index (χ1) is 68.4. The number of rotatable bonds is 36. The highest BCUT2D eigenvalue weighted by Gasteiger charge is 2.38. The van der Waals surface area contributed by atoms with Gasteiger partial charge in [0.05, 0.1) is 57.7 Å². The van der Waals surface area contributed by atoms with Crippen LogP contribution in [-0.4, -0.2) is 165 Å². The number of nitrogens with one attached hydrogen (secondary N) is 5. The first kappa shape index (κ1) is 105. The molecule has 16 rings (SSSR count). The number of carbonyl (C=O) groups is 7. The summed E-state index contributed by atoms with van der Waals surface area (Å²) in [6, 6.07) is 60.9. The van der Waals surface area contributed by atoms with Gasteiger partial charge in [-0.2, -0.15) is 0 Å². The van der Waals surface area contributed by atoms with Crippen molar-refractivity contribution in [3.63, 3.8) is 0 Å². The molecule has 0 radical (unpaired) electrons. The predicted molar refractivity (Wildman–Crippen MR) is 518 cm³/mol. The van der Waals surface area contributed by atoms with Crippen molar-refractivity contribution in [3.05, 3.63) is 307 Å². The molecular formula is C108H121N5O28. The van der Waals surface area contributed by atoms with Gasteiger partial charge in [-0.1, -0.05) is 196 Å². The Balaban J connectivity index is 0.000000158. The predicted octanol–water partition coefficient (Wildman–Crippen LogP) is 14.6. The number of methoxy groups -OCH3 is 1. The number of allylic oxidation sites excluding steroid dienone is 2. The van der Waals surface area contributed by atoms with Gasteiger partial charge in [0.15, 0.2) is 57.5 Å². The maximum Gasteiger partial charge on any atom is 0.407 e.